The molecule has 2 aromatic carbocycles. The summed E-state index contributed by atoms with van der Waals surface area (Å²) in [5.74, 6) is 0.173. The number of aromatic nitrogens is 2. The second-order valence-corrected chi connectivity index (χ2v) is 7.63. The van der Waals surface area contributed by atoms with Crippen LogP contribution >= 0.6 is 23.2 Å². The van der Waals surface area contributed by atoms with E-state index in [0.717, 1.165) is 4.68 Å². The van der Waals surface area contributed by atoms with Crippen LogP contribution in [-0.2, 0) is 23.2 Å². The molecule has 7 nitrogen and oxygen atoms in total. The Hall–Kier alpha value is -3.04. The van der Waals surface area contributed by atoms with Gasteiger partial charge in [0.25, 0.3) is 0 Å². The molecule has 33 heavy (non-hydrogen) atoms. The van der Waals surface area contributed by atoms with Gasteiger partial charge in [-0.15, -0.1) is 0 Å². The van der Waals surface area contributed by atoms with Crippen LogP contribution < -0.4 is 14.2 Å². The van der Waals surface area contributed by atoms with Crippen molar-refractivity contribution in [3.8, 4) is 28.6 Å². The fraction of sp³-hybridized carbons (Fsp3) is 0.273. The number of rotatable bonds is 9. The number of carbonyl (C=O) groups excluding carboxylic acids is 1. The number of methoxy groups -OCH3 is 1. The van der Waals surface area contributed by atoms with Crippen molar-refractivity contribution >= 4 is 29.2 Å². The Morgan fingerprint density at radius 3 is 2.45 bits per heavy atom. The van der Waals surface area contributed by atoms with Crippen LogP contribution in [0.15, 0.2) is 42.5 Å². The van der Waals surface area contributed by atoms with Crippen molar-refractivity contribution in [3.05, 3.63) is 58.1 Å². The van der Waals surface area contributed by atoms with E-state index >= 15 is 0 Å². The van der Waals surface area contributed by atoms with Crippen LogP contribution in [0, 0.1) is 0 Å². The average molecular weight is 501 g/mol. The summed E-state index contributed by atoms with van der Waals surface area (Å²) in [6.45, 7) is -1.31. The number of hydrogen-bond donors (Lipinski definition) is 0. The first-order valence-corrected chi connectivity index (χ1v) is 10.4. The molecule has 3 aromatic rings. The van der Waals surface area contributed by atoms with Gasteiger partial charge < -0.3 is 18.9 Å². The van der Waals surface area contributed by atoms with Gasteiger partial charge in [-0.25, -0.2) is 9.48 Å². The van der Waals surface area contributed by atoms with Crippen LogP contribution in [-0.4, -0.2) is 35.6 Å². The van der Waals surface area contributed by atoms with Gasteiger partial charge in [-0.2, -0.15) is 13.9 Å². The van der Waals surface area contributed by atoms with Crippen LogP contribution in [0.5, 0.6) is 17.4 Å². The molecular weight excluding hydrogens is 481 g/mol. The molecule has 0 aliphatic heterocycles. The molecular formula is C22H20Cl2F2N2O5. The Bertz CT molecular complexity index is 1120. The average Bonchev–Trinajstić information content (AvgIpc) is 3.06. The highest BCUT2D eigenvalue weighted by molar-refractivity contribution is 6.34. The first kappa shape index (κ1) is 24.6. The maximum Gasteiger partial charge on any atom is 0.388 e. The summed E-state index contributed by atoms with van der Waals surface area (Å²) in [7, 11) is 2.73. The van der Waals surface area contributed by atoms with Crippen LogP contribution in [0.1, 0.15) is 12.5 Å². The second-order valence-electron chi connectivity index (χ2n) is 6.82. The van der Waals surface area contributed by atoms with E-state index in [4.69, 9.17) is 32.7 Å². The highest BCUT2D eigenvalue weighted by atomic mass is 35.5. The lowest BCUT2D eigenvalue weighted by atomic mass is 10.1. The Kier molecular flexibility index (Phi) is 7.99. The third-order valence-electron chi connectivity index (χ3n) is 4.53. The van der Waals surface area contributed by atoms with E-state index in [1.54, 1.807) is 49.4 Å². The number of halogens is 4. The van der Waals surface area contributed by atoms with Crippen molar-refractivity contribution < 1.29 is 32.5 Å². The summed E-state index contributed by atoms with van der Waals surface area (Å²) >= 11 is 12.2. The topological polar surface area (TPSA) is 71.8 Å². The summed E-state index contributed by atoms with van der Waals surface area (Å²) in [5.41, 5.74) is 1.56. The van der Waals surface area contributed by atoms with E-state index in [0.29, 0.717) is 33.3 Å². The zero-order valence-electron chi connectivity index (χ0n) is 17.9. The Labute approximate surface area is 198 Å². The molecule has 11 heteroatoms. The zero-order chi connectivity index (χ0) is 24.1. The molecule has 0 saturated heterocycles. The first-order chi connectivity index (χ1) is 15.7. The largest absolute Gasteiger partial charge is 0.489 e. The van der Waals surface area contributed by atoms with Crippen molar-refractivity contribution in [1.29, 1.82) is 0 Å². The normalized spacial score (nSPS) is 11.9. The molecule has 0 fully saturated rings. The van der Waals surface area contributed by atoms with Gasteiger partial charge in [0.05, 0.1) is 7.11 Å². The number of hydrogen-bond acceptors (Lipinski definition) is 6. The van der Waals surface area contributed by atoms with E-state index in [9.17, 15) is 13.6 Å². The van der Waals surface area contributed by atoms with E-state index in [1.165, 1.54) is 14.2 Å². The predicted molar refractivity (Wildman–Crippen MR) is 118 cm³/mol. The first-order valence-electron chi connectivity index (χ1n) is 9.63. The lowest BCUT2D eigenvalue weighted by molar-refractivity contribution is -0.147. The summed E-state index contributed by atoms with van der Waals surface area (Å²) in [6.07, 6.45) is -0.825. The highest BCUT2D eigenvalue weighted by Crippen LogP contribution is 2.36. The number of alkyl halides is 2. The molecule has 0 aliphatic rings. The fourth-order valence-corrected chi connectivity index (χ4v) is 3.39. The van der Waals surface area contributed by atoms with E-state index in [1.807, 2.05) is 0 Å². The van der Waals surface area contributed by atoms with Crippen LogP contribution in [0.3, 0.4) is 0 Å². The van der Waals surface area contributed by atoms with Crippen molar-refractivity contribution in [2.24, 2.45) is 7.05 Å². The number of benzene rings is 2. The summed E-state index contributed by atoms with van der Waals surface area (Å²) in [4.78, 5) is 11.7. The van der Waals surface area contributed by atoms with Gasteiger partial charge in [-0.05, 0) is 43.3 Å². The Morgan fingerprint density at radius 1 is 1.12 bits per heavy atom. The molecule has 0 spiro atoms. The lowest BCUT2D eigenvalue weighted by Gasteiger charge is -2.16. The van der Waals surface area contributed by atoms with Gasteiger partial charge >= 0.3 is 12.6 Å². The van der Waals surface area contributed by atoms with E-state index < -0.39 is 18.7 Å². The van der Waals surface area contributed by atoms with Gasteiger partial charge in [0.1, 0.15) is 28.8 Å². The molecule has 0 N–H and O–H groups in total. The molecule has 1 unspecified atom stereocenters. The van der Waals surface area contributed by atoms with Gasteiger partial charge in [-0.3, -0.25) is 0 Å². The minimum Gasteiger partial charge on any atom is -0.489 e. The Balaban J connectivity index is 1.73. The molecule has 3 rings (SSSR count). The summed E-state index contributed by atoms with van der Waals surface area (Å²) in [6, 6.07) is 11.7. The third kappa shape index (κ3) is 6.06. The van der Waals surface area contributed by atoms with Crippen molar-refractivity contribution in [2.45, 2.75) is 26.2 Å². The molecule has 0 aliphatic carbocycles. The number of nitrogens with zero attached hydrogens (tertiary/aromatic N) is 2. The van der Waals surface area contributed by atoms with E-state index in [-0.39, 0.29) is 17.5 Å². The number of aryl methyl sites for hydroxylation is 1. The standard InChI is InChI=1S/C22H20Cl2F2N2O5/c1-12(21(29)30-3)32-17-10-15(23)7-4-14(17)11-31-16-8-5-13(6-9-16)19-18(24)20(28(2)27-19)33-22(25)26/h4-10,12,22H,11H2,1-3H3. The molecule has 1 aromatic heterocycles. The van der Waals surface area contributed by atoms with Gasteiger partial charge in [0.15, 0.2) is 6.10 Å². The third-order valence-corrected chi connectivity index (χ3v) is 5.10. The quantitative estimate of drug-likeness (QED) is 0.360. The lowest BCUT2D eigenvalue weighted by Crippen LogP contribution is -2.25. The molecule has 176 valence electrons. The van der Waals surface area contributed by atoms with Crippen molar-refractivity contribution in [3.63, 3.8) is 0 Å². The maximum absolute atomic E-state index is 12.6. The second kappa shape index (κ2) is 10.7. The van der Waals surface area contributed by atoms with Crippen LogP contribution in [0.2, 0.25) is 10.0 Å². The smallest absolute Gasteiger partial charge is 0.388 e. The monoisotopic (exact) mass is 500 g/mol. The minimum atomic E-state index is -3.01. The highest BCUT2D eigenvalue weighted by Gasteiger charge is 2.20. The summed E-state index contributed by atoms with van der Waals surface area (Å²) in [5, 5.41) is 4.57. The zero-order valence-corrected chi connectivity index (χ0v) is 19.4. The fourth-order valence-electron chi connectivity index (χ4n) is 2.91. The van der Waals surface area contributed by atoms with Crippen LogP contribution in [0.25, 0.3) is 11.3 Å². The number of esters is 1. The molecule has 1 atom stereocenters. The SMILES string of the molecule is COC(=O)C(C)Oc1cc(Cl)ccc1COc1ccc(-c2nn(C)c(OC(F)F)c2Cl)cc1. The summed E-state index contributed by atoms with van der Waals surface area (Å²) < 4.78 is 46.9. The maximum atomic E-state index is 12.6. The molecule has 0 bridgehead atoms. The van der Waals surface area contributed by atoms with E-state index in [2.05, 4.69) is 14.6 Å². The number of carbonyl (C=O) groups is 1. The Morgan fingerprint density at radius 2 is 1.82 bits per heavy atom. The van der Waals surface area contributed by atoms with Gasteiger partial charge in [-0.1, -0.05) is 29.3 Å². The number of ether oxygens (including phenoxy) is 4. The van der Waals surface area contributed by atoms with Crippen molar-refractivity contribution in [1.82, 2.24) is 9.78 Å². The minimum absolute atomic E-state index is 0.0193. The van der Waals surface area contributed by atoms with Crippen LogP contribution in [0.4, 0.5) is 8.78 Å². The molecule has 1 heterocycles. The van der Waals surface area contributed by atoms with Crippen molar-refractivity contribution in [2.75, 3.05) is 7.11 Å². The predicted octanol–water partition coefficient (Wildman–Crippen LogP) is 5.51. The molecule has 0 saturated carbocycles. The van der Waals surface area contributed by atoms with Gasteiger partial charge in [0.2, 0.25) is 5.88 Å². The van der Waals surface area contributed by atoms with Gasteiger partial charge in [0, 0.05) is 23.2 Å². The molecule has 0 radical (unpaired) electrons. The molecule has 0 amide bonds.